The molecule has 0 bridgehead atoms. The van der Waals surface area contributed by atoms with Gasteiger partial charge in [0, 0.05) is 12.5 Å². The molecule has 4 atom stereocenters. The third-order valence-corrected chi connectivity index (χ3v) is 7.39. The molecular formula is C28H38O8. The highest BCUT2D eigenvalue weighted by Crippen LogP contribution is 2.46. The monoisotopic (exact) mass is 502 g/mol. The van der Waals surface area contributed by atoms with Gasteiger partial charge in [-0.3, -0.25) is 0 Å². The van der Waals surface area contributed by atoms with Crippen LogP contribution in [0.5, 0.6) is 28.7 Å². The fraction of sp³-hybridized carbons (Fsp3) is 0.571. The molecule has 0 spiro atoms. The summed E-state index contributed by atoms with van der Waals surface area (Å²) in [5.41, 5.74) is 1.74. The first-order valence-corrected chi connectivity index (χ1v) is 12.8. The predicted molar refractivity (Wildman–Crippen MR) is 134 cm³/mol. The Bertz CT molecular complexity index is 1000. The molecule has 1 saturated carbocycles. The van der Waals surface area contributed by atoms with E-state index < -0.39 is 12.2 Å². The van der Waals surface area contributed by atoms with Gasteiger partial charge in [-0.15, -0.1) is 0 Å². The van der Waals surface area contributed by atoms with Crippen molar-refractivity contribution in [3.05, 3.63) is 41.5 Å². The molecule has 0 aromatic heterocycles. The Labute approximate surface area is 212 Å². The Hall–Kier alpha value is -2.68. The maximum Gasteiger partial charge on any atom is 0.200 e. The van der Waals surface area contributed by atoms with Gasteiger partial charge in [0.1, 0.15) is 0 Å². The predicted octanol–water partition coefficient (Wildman–Crippen LogP) is 4.26. The minimum Gasteiger partial charge on any atom is -0.504 e. The molecule has 4 N–H and O–H groups in total. The first-order chi connectivity index (χ1) is 17.4. The molecule has 1 saturated heterocycles. The smallest absolute Gasteiger partial charge is 0.200 e. The lowest BCUT2D eigenvalue weighted by molar-refractivity contribution is -0.144. The molecule has 2 fully saturated rings. The van der Waals surface area contributed by atoms with E-state index in [4.69, 9.17) is 18.9 Å². The normalized spacial score (nSPS) is 24.6. The average Bonchev–Trinajstić information content (AvgIpc) is 3.39. The molecule has 0 radical (unpaired) electrons. The van der Waals surface area contributed by atoms with Gasteiger partial charge >= 0.3 is 0 Å². The summed E-state index contributed by atoms with van der Waals surface area (Å²) in [6.45, 7) is -0.0692. The van der Waals surface area contributed by atoms with Gasteiger partial charge in [0.05, 0.1) is 38.6 Å². The second-order valence-corrected chi connectivity index (χ2v) is 9.80. The number of hydrogen-bond donors (Lipinski definition) is 4. The largest absolute Gasteiger partial charge is 0.504 e. The lowest BCUT2D eigenvalue weighted by Crippen LogP contribution is -2.40. The van der Waals surface area contributed by atoms with Gasteiger partial charge in [0.2, 0.25) is 5.75 Å². The zero-order valence-electron chi connectivity index (χ0n) is 21.1. The van der Waals surface area contributed by atoms with Crippen LogP contribution < -0.4 is 14.2 Å². The van der Waals surface area contributed by atoms with Crippen LogP contribution in [0.15, 0.2) is 30.3 Å². The summed E-state index contributed by atoms with van der Waals surface area (Å²) in [5.74, 6) is 0.808. The molecule has 8 nitrogen and oxygen atoms in total. The molecule has 4 rings (SSSR count). The molecule has 0 amide bonds. The van der Waals surface area contributed by atoms with Crippen LogP contribution in [0.2, 0.25) is 0 Å². The van der Waals surface area contributed by atoms with Crippen molar-refractivity contribution in [3.8, 4) is 28.7 Å². The summed E-state index contributed by atoms with van der Waals surface area (Å²) in [6.07, 6.45) is 4.96. The third kappa shape index (κ3) is 5.99. The minimum absolute atomic E-state index is 0.0407. The SMILES string of the molecule is COc1cc(CC[C@@H]2C[C@H](O)[C@H](CCO)[C@@H](c3cc(OC)c(O)c(OC4CCCC4)c3)O2)ccc1O. The van der Waals surface area contributed by atoms with Crippen molar-refractivity contribution in [2.24, 2.45) is 5.92 Å². The lowest BCUT2D eigenvalue weighted by Gasteiger charge is -2.40. The summed E-state index contributed by atoms with van der Waals surface area (Å²) in [4.78, 5) is 0. The fourth-order valence-electron chi connectivity index (χ4n) is 5.42. The maximum absolute atomic E-state index is 11.0. The molecular weight excluding hydrogens is 464 g/mol. The molecule has 1 aliphatic heterocycles. The van der Waals surface area contributed by atoms with E-state index in [-0.39, 0.29) is 36.2 Å². The molecule has 0 unspecified atom stereocenters. The van der Waals surface area contributed by atoms with Crippen LogP contribution in [0.4, 0.5) is 0 Å². The van der Waals surface area contributed by atoms with Crippen LogP contribution in [-0.4, -0.2) is 59.6 Å². The Morgan fingerprint density at radius 2 is 1.67 bits per heavy atom. The van der Waals surface area contributed by atoms with Crippen molar-refractivity contribution >= 4 is 0 Å². The van der Waals surface area contributed by atoms with Gasteiger partial charge in [-0.05, 0) is 86.8 Å². The van der Waals surface area contributed by atoms with Gasteiger partial charge in [0.15, 0.2) is 23.0 Å². The van der Waals surface area contributed by atoms with E-state index >= 15 is 0 Å². The number of phenolic OH excluding ortho intramolecular Hbond substituents is 2. The summed E-state index contributed by atoms with van der Waals surface area (Å²) < 4.78 is 23.3. The average molecular weight is 503 g/mol. The van der Waals surface area contributed by atoms with Crippen molar-refractivity contribution in [1.29, 1.82) is 0 Å². The molecule has 36 heavy (non-hydrogen) atoms. The van der Waals surface area contributed by atoms with E-state index in [2.05, 4.69) is 0 Å². The van der Waals surface area contributed by atoms with E-state index in [9.17, 15) is 20.4 Å². The summed E-state index contributed by atoms with van der Waals surface area (Å²) in [7, 11) is 3.01. The second-order valence-electron chi connectivity index (χ2n) is 9.80. The van der Waals surface area contributed by atoms with E-state index in [0.29, 0.717) is 42.9 Å². The third-order valence-electron chi connectivity index (χ3n) is 7.39. The Balaban J connectivity index is 1.56. The van der Waals surface area contributed by atoms with Gasteiger partial charge in [-0.2, -0.15) is 0 Å². The van der Waals surface area contributed by atoms with Crippen LogP contribution in [-0.2, 0) is 11.2 Å². The van der Waals surface area contributed by atoms with E-state index in [1.807, 2.05) is 6.07 Å². The van der Waals surface area contributed by atoms with E-state index in [1.54, 1.807) is 24.3 Å². The number of aliphatic hydroxyl groups excluding tert-OH is 2. The van der Waals surface area contributed by atoms with E-state index in [0.717, 1.165) is 36.8 Å². The van der Waals surface area contributed by atoms with E-state index in [1.165, 1.54) is 14.2 Å². The molecule has 2 aromatic rings. The van der Waals surface area contributed by atoms with Crippen LogP contribution >= 0.6 is 0 Å². The standard InChI is InChI=1S/C28H38O8/c1-33-24-13-17(8-10-22(24)30)7-9-20-16-23(31)21(11-12-29)28(36-20)18-14-25(34-2)27(32)26(15-18)35-19-5-3-4-6-19/h8,10,13-15,19-21,23,28-32H,3-7,9,11-12,16H2,1-2H3/t20-,21+,23+,28-/m1/s1. The molecule has 1 aliphatic carbocycles. The number of aromatic hydroxyl groups is 2. The van der Waals surface area contributed by atoms with Gasteiger partial charge < -0.3 is 39.4 Å². The van der Waals surface area contributed by atoms with Crippen LogP contribution in [0, 0.1) is 5.92 Å². The topological polar surface area (TPSA) is 118 Å². The number of hydrogen-bond acceptors (Lipinski definition) is 8. The van der Waals surface area contributed by atoms with Crippen molar-refractivity contribution in [1.82, 2.24) is 0 Å². The first-order valence-electron chi connectivity index (χ1n) is 12.8. The van der Waals surface area contributed by atoms with Gasteiger partial charge in [-0.1, -0.05) is 6.07 Å². The van der Waals surface area contributed by atoms with Crippen LogP contribution in [0.25, 0.3) is 0 Å². The highest BCUT2D eigenvalue weighted by Gasteiger charge is 2.39. The minimum atomic E-state index is -0.658. The molecule has 1 heterocycles. The highest BCUT2D eigenvalue weighted by molar-refractivity contribution is 5.53. The van der Waals surface area contributed by atoms with Crippen LogP contribution in [0.1, 0.15) is 62.2 Å². The molecule has 198 valence electrons. The number of aryl methyl sites for hydroxylation is 1. The summed E-state index contributed by atoms with van der Waals surface area (Å²) >= 11 is 0. The fourth-order valence-corrected chi connectivity index (χ4v) is 5.42. The first kappa shape index (κ1) is 26.4. The van der Waals surface area contributed by atoms with Crippen molar-refractivity contribution in [2.75, 3.05) is 20.8 Å². The highest BCUT2D eigenvalue weighted by atomic mass is 16.5. The number of benzene rings is 2. The number of aliphatic hydroxyl groups is 2. The summed E-state index contributed by atoms with van der Waals surface area (Å²) in [5, 5.41) is 41.3. The number of phenols is 2. The van der Waals surface area contributed by atoms with Crippen molar-refractivity contribution in [3.63, 3.8) is 0 Å². The quantitative estimate of drug-likeness (QED) is 0.381. The zero-order valence-corrected chi connectivity index (χ0v) is 21.1. The Morgan fingerprint density at radius 1 is 0.944 bits per heavy atom. The molecule has 8 heteroatoms. The number of ether oxygens (including phenoxy) is 4. The number of methoxy groups -OCH3 is 2. The van der Waals surface area contributed by atoms with Crippen molar-refractivity contribution < 1.29 is 39.4 Å². The summed E-state index contributed by atoms with van der Waals surface area (Å²) in [6, 6.07) is 8.77. The van der Waals surface area contributed by atoms with Gasteiger partial charge in [0.25, 0.3) is 0 Å². The second kappa shape index (κ2) is 12.0. The number of rotatable bonds is 10. The maximum atomic E-state index is 11.0. The molecule has 2 aromatic carbocycles. The lowest BCUT2D eigenvalue weighted by atomic mass is 9.82. The Kier molecular flexibility index (Phi) is 8.82. The van der Waals surface area contributed by atoms with Crippen molar-refractivity contribution in [2.45, 2.75) is 75.8 Å². The Morgan fingerprint density at radius 3 is 2.36 bits per heavy atom. The zero-order chi connectivity index (χ0) is 25.7. The van der Waals surface area contributed by atoms with Crippen LogP contribution in [0.3, 0.4) is 0 Å². The van der Waals surface area contributed by atoms with Gasteiger partial charge in [-0.25, -0.2) is 0 Å². The molecule has 2 aliphatic rings.